The van der Waals surface area contributed by atoms with Crippen LogP contribution < -0.4 is 5.32 Å². The summed E-state index contributed by atoms with van der Waals surface area (Å²) in [5, 5.41) is 2.80. The fourth-order valence-corrected chi connectivity index (χ4v) is 4.35. The van der Waals surface area contributed by atoms with E-state index in [1.54, 1.807) is 0 Å². The Morgan fingerprint density at radius 3 is 2.45 bits per heavy atom. The van der Waals surface area contributed by atoms with E-state index in [0.717, 1.165) is 6.41 Å². The van der Waals surface area contributed by atoms with Crippen LogP contribution in [0.5, 0.6) is 0 Å². The fraction of sp³-hybridized carbons (Fsp3) is 0.667. The molecule has 1 aliphatic heterocycles. The first-order valence-electron chi connectivity index (χ1n) is 7.41. The van der Waals surface area contributed by atoms with Crippen molar-refractivity contribution < 1.29 is 14.4 Å². The lowest BCUT2D eigenvalue weighted by Gasteiger charge is -2.28. The van der Waals surface area contributed by atoms with Crippen LogP contribution in [0.4, 0.5) is 0 Å². The largest absolute Gasteiger partial charge is 0.358 e. The molecule has 0 aromatic carbocycles. The minimum atomic E-state index is -0.196. The molecule has 2 bridgehead atoms. The maximum atomic E-state index is 11.7. The smallest absolute Gasteiger partial charge is 0.253 e. The van der Waals surface area contributed by atoms with Crippen LogP contribution >= 0.6 is 0 Å². The maximum absolute atomic E-state index is 11.7. The van der Waals surface area contributed by atoms with E-state index >= 15 is 0 Å². The van der Waals surface area contributed by atoms with E-state index in [-0.39, 0.29) is 11.8 Å². The van der Waals surface area contributed by atoms with Gasteiger partial charge in [0.05, 0.1) is 0 Å². The van der Waals surface area contributed by atoms with Crippen LogP contribution in [-0.2, 0) is 14.4 Å². The first-order valence-corrected chi connectivity index (χ1v) is 7.41. The number of carbonyl (C=O) groups is 3. The molecule has 3 amide bonds. The Morgan fingerprint density at radius 2 is 1.80 bits per heavy atom. The van der Waals surface area contributed by atoms with Gasteiger partial charge in [-0.25, -0.2) is 0 Å². The third kappa shape index (κ3) is 2.25. The van der Waals surface area contributed by atoms with Gasteiger partial charge in [0.25, 0.3) is 11.8 Å². The van der Waals surface area contributed by atoms with E-state index in [1.165, 1.54) is 42.7 Å². The Kier molecular flexibility index (Phi) is 3.59. The summed E-state index contributed by atoms with van der Waals surface area (Å²) >= 11 is 0. The predicted octanol–water partition coefficient (Wildman–Crippen LogP) is 0.710. The average Bonchev–Trinajstić information content (AvgIpc) is 2.89. The van der Waals surface area contributed by atoms with Crippen molar-refractivity contribution in [2.45, 2.75) is 25.7 Å². The molecule has 0 saturated heterocycles. The first-order chi connectivity index (χ1) is 9.70. The summed E-state index contributed by atoms with van der Waals surface area (Å²) < 4.78 is 0. The quantitative estimate of drug-likeness (QED) is 0.594. The average molecular weight is 276 g/mol. The number of nitrogens with zero attached hydrogens (tertiary/aromatic N) is 1. The summed E-state index contributed by atoms with van der Waals surface area (Å²) in [5.74, 6) is 1.56. The third-order valence-corrected chi connectivity index (χ3v) is 5.25. The van der Waals surface area contributed by atoms with Crippen LogP contribution in [0, 0.1) is 23.7 Å². The molecular formula is C15H20N2O3. The van der Waals surface area contributed by atoms with E-state index in [2.05, 4.69) is 5.32 Å². The second kappa shape index (κ2) is 5.38. The summed E-state index contributed by atoms with van der Waals surface area (Å²) in [5.41, 5.74) is 0. The van der Waals surface area contributed by atoms with Crippen molar-refractivity contribution in [2.24, 2.45) is 23.7 Å². The topological polar surface area (TPSA) is 66.5 Å². The van der Waals surface area contributed by atoms with Crippen molar-refractivity contribution in [3.63, 3.8) is 0 Å². The van der Waals surface area contributed by atoms with Crippen molar-refractivity contribution in [1.82, 2.24) is 10.2 Å². The number of nitrogens with one attached hydrogen (secondary N) is 1. The molecule has 4 unspecified atom stereocenters. The highest BCUT2D eigenvalue weighted by molar-refractivity contribution is 6.12. The lowest BCUT2D eigenvalue weighted by Crippen LogP contribution is -2.40. The van der Waals surface area contributed by atoms with Crippen LogP contribution in [0.25, 0.3) is 0 Å². The molecule has 2 fully saturated rings. The Bertz CT molecular complexity index is 442. The van der Waals surface area contributed by atoms with Crippen molar-refractivity contribution in [3.05, 3.63) is 12.2 Å². The van der Waals surface area contributed by atoms with Gasteiger partial charge in [0.1, 0.15) is 0 Å². The highest BCUT2D eigenvalue weighted by Gasteiger charge is 2.46. The van der Waals surface area contributed by atoms with Crippen molar-refractivity contribution in [3.8, 4) is 0 Å². The van der Waals surface area contributed by atoms with Crippen LogP contribution in [0.1, 0.15) is 25.7 Å². The third-order valence-electron chi connectivity index (χ3n) is 5.25. The molecule has 2 saturated carbocycles. The number of rotatable bonds is 5. The summed E-state index contributed by atoms with van der Waals surface area (Å²) in [4.78, 5) is 35.4. The van der Waals surface area contributed by atoms with E-state index in [1.807, 2.05) is 0 Å². The molecule has 0 spiro atoms. The Hall–Kier alpha value is -1.65. The molecule has 5 nitrogen and oxygen atoms in total. The van der Waals surface area contributed by atoms with Gasteiger partial charge in [0.2, 0.25) is 6.41 Å². The highest BCUT2D eigenvalue weighted by atomic mass is 16.2. The summed E-state index contributed by atoms with van der Waals surface area (Å²) in [6, 6.07) is 0. The van der Waals surface area contributed by atoms with Crippen LogP contribution in [0.2, 0.25) is 0 Å². The Balaban J connectivity index is 1.73. The molecule has 3 rings (SSSR count). The molecule has 0 radical (unpaired) electrons. The summed E-state index contributed by atoms with van der Waals surface area (Å²) in [6.45, 7) is 1.18. The van der Waals surface area contributed by atoms with Gasteiger partial charge in [-0.3, -0.25) is 19.3 Å². The number of amides is 3. The van der Waals surface area contributed by atoms with E-state index in [9.17, 15) is 14.4 Å². The van der Waals surface area contributed by atoms with Crippen molar-refractivity contribution in [1.29, 1.82) is 0 Å². The molecule has 1 heterocycles. The second-order valence-electron chi connectivity index (χ2n) is 6.16. The van der Waals surface area contributed by atoms with Gasteiger partial charge in [0.15, 0.2) is 0 Å². The van der Waals surface area contributed by atoms with Gasteiger partial charge in [-0.15, -0.1) is 0 Å². The molecule has 1 N–H and O–H groups in total. The normalized spacial score (nSPS) is 35.7. The van der Waals surface area contributed by atoms with Crippen LogP contribution in [0.3, 0.4) is 0 Å². The van der Waals surface area contributed by atoms with Crippen LogP contribution in [-0.4, -0.2) is 36.2 Å². The summed E-state index contributed by atoms with van der Waals surface area (Å²) in [7, 11) is 0. The van der Waals surface area contributed by atoms with E-state index in [0.29, 0.717) is 36.8 Å². The van der Waals surface area contributed by atoms with Gasteiger partial charge in [-0.05, 0) is 30.1 Å². The number of imide groups is 1. The molecule has 5 heteroatoms. The van der Waals surface area contributed by atoms with Gasteiger partial charge in [-0.1, -0.05) is 19.3 Å². The zero-order valence-electron chi connectivity index (χ0n) is 11.5. The molecule has 2 aliphatic carbocycles. The number of fused-ring (bicyclic) bond motifs is 2. The predicted molar refractivity (Wildman–Crippen MR) is 72.4 cm³/mol. The van der Waals surface area contributed by atoms with E-state index < -0.39 is 0 Å². The minimum Gasteiger partial charge on any atom is -0.358 e. The molecule has 0 aromatic rings. The number of hydrogen-bond acceptors (Lipinski definition) is 3. The minimum absolute atomic E-state index is 0.196. The number of carbonyl (C=O) groups excluding carboxylic acids is 3. The standard InChI is InChI=1S/C15H20N2O3/c18-9-16-7-12-10-2-1-3-11(6-10)13(12)8-17-14(19)4-5-15(17)20/h4-5,9-13H,1-3,6-8H2,(H,16,18). The fourth-order valence-electron chi connectivity index (χ4n) is 4.35. The lowest BCUT2D eigenvalue weighted by molar-refractivity contribution is -0.138. The number of hydrogen-bond donors (Lipinski definition) is 1. The monoisotopic (exact) mass is 276 g/mol. The molecule has 20 heavy (non-hydrogen) atoms. The Labute approximate surface area is 118 Å². The SMILES string of the molecule is O=CNCC1C2CCCC(C2)C1CN1C(=O)C=CC1=O. The molecular weight excluding hydrogens is 256 g/mol. The second-order valence-corrected chi connectivity index (χ2v) is 6.16. The Morgan fingerprint density at radius 1 is 1.15 bits per heavy atom. The first kappa shape index (κ1) is 13.3. The van der Waals surface area contributed by atoms with Crippen LogP contribution in [0.15, 0.2) is 12.2 Å². The zero-order valence-corrected chi connectivity index (χ0v) is 11.5. The van der Waals surface area contributed by atoms with Crippen molar-refractivity contribution in [2.75, 3.05) is 13.1 Å². The van der Waals surface area contributed by atoms with Crippen molar-refractivity contribution >= 4 is 18.2 Å². The molecule has 108 valence electrons. The lowest BCUT2D eigenvalue weighted by atomic mass is 9.87. The van der Waals surface area contributed by atoms with Gasteiger partial charge < -0.3 is 5.32 Å². The van der Waals surface area contributed by atoms with E-state index in [4.69, 9.17) is 0 Å². The molecule has 0 aromatic heterocycles. The molecule has 4 atom stereocenters. The molecule has 3 aliphatic rings. The van der Waals surface area contributed by atoms with Gasteiger partial charge in [-0.2, -0.15) is 0 Å². The highest BCUT2D eigenvalue weighted by Crippen LogP contribution is 2.50. The summed E-state index contributed by atoms with van der Waals surface area (Å²) in [6.07, 6.45) is 8.24. The zero-order chi connectivity index (χ0) is 14.1. The maximum Gasteiger partial charge on any atom is 0.253 e. The van der Waals surface area contributed by atoms with Gasteiger partial charge >= 0.3 is 0 Å². The van der Waals surface area contributed by atoms with Gasteiger partial charge in [0, 0.05) is 25.2 Å².